The van der Waals surface area contributed by atoms with Gasteiger partial charge in [-0.3, -0.25) is 9.67 Å². The Balaban J connectivity index is 1.89. The molecule has 0 amide bonds. The third-order valence-corrected chi connectivity index (χ3v) is 6.53. The molecular formula is C23H23BrN4O3. The van der Waals surface area contributed by atoms with Crippen LogP contribution in [0.1, 0.15) is 34.9 Å². The zero-order chi connectivity index (χ0) is 21.5. The van der Waals surface area contributed by atoms with Gasteiger partial charge in [0.25, 0.3) is 0 Å². The number of pyridine rings is 1. The lowest BCUT2D eigenvalue weighted by molar-refractivity contribution is 0.0548. The lowest BCUT2D eigenvalue weighted by Crippen LogP contribution is -2.27. The molecule has 1 atom stereocenters. The van der Waals surface area contributed by atoms with Crippen molar-refractivity contribution in [1.82, 2.24) is 19.3 Å². The highest BCUT2D eigenvalue weighted by atomic mass is 79.9. The molecule has 0 N–H and O–H groups in total. The van der Waals surface area contributed by atoms with Crippen LogP contribution in [-0.4, -0.2) is 45.6 Å². The van der Waals surface area contributed by atoms with Gasteiger partial charge in [-0.1, -0.05) is 30.3 Å². The molecule has 1 aliphatic rings. The highest BCUT2D eigenvalue weighted by molar-refractivity contribution is 9.10. The maximum atomic E-state index is 12.7. The second kappa shape index (κ2) is 8.09. The van der Waals surface area contributed by atoms with Gasteiger partial charge in [-0.25, -0.2) is 4.79 Å². The molecule has 1 fully saturated rings. The van der Waals surface area contributed by atoms with E-state index in [0.29, 0.717) is 11.6 Å². The summed E-state index contributed by atoms with van der Waals surface area (Å²) in [5.74, 6) is -0.104. The van der Waals surface area contributed by atoms with Crippen LogP contribution < -0.4 is 0 Å². The molecule has 7 nitrogen and oxygen atoms in total. The average Bonchev–Trinajstić information content (AvgIpc) is 3.30. The van der Waals surface area contributed by atoms with Crippen molar-refractivity contribution >= 4 is 44.0 Å². The summed E-state index contributed by atoms with van der Waals surface area (Å²) in [6, 6.07) is 12.5. The van der Waals surface area contributed by atoms with E-state index >= 15 is 0 Å². The van der Waals surface area contributed by atoms with Crippen LogP contribution in [0, 0.1) is 5.92 Å². The molecule has 0 saturated carbocycles. The molecule has 4 heterocycles. The maximum absolute atomic E-state index is 12.7. The van der Waals surface area contributed by atoms with Crippen molar-refractivity contribution < 1.29 is 14.3 Å². The summed E-state index contributed by atoms with van der Waals surface area (Å²) >= 11 is 3.58. The molecular weight excluding hydrogens is 460 g/mol. The molecule has 0 spiro atoms. The Bertz CT molecular complexity index is 1260. The fraction of sp³-hybridized carbons (Fsp3) is 0.348. The van der Waals surface area contributed by atoms with Crippen LogP contribution in [0.5, 0.6) is 0 Å². The minimum Gasteiger partial charge on any atom is -0.464 e. The van der Waals surface area contributed by atoms with Crippen molar-refractivity contribution in [2.75, 3.05) is 20.3 Å². The number of aryl methyl sites for hydroxylation is 1. The van der Waals surface area contributed by atoms with Crippen LogP contribution in [0.15, 0.2) is 47.1 Å². The molecule has 8 heteroatoms. The monoisotopic (exact) mass is 482 g/mol. The number of methoxy groups -OCH3 is 1. The van der Waals surface area contributed by atoms with Crippen molar-refractivity contribution in [1.29, 1.82) is 0 Å². The van der Waals surface area contributed by atoms with Crippen molar-refractivity contribution in [3.05, 3.63) is 58.3 Å². The van der Waals surface area contributed by atoms with Crippen LogP contribution in [0.3, 0.4) is 0 Å². The van der Waals surface area contributed by atoms with Crippen LogP contribution in [0.2, 0.25) is 0 Å². The van der Waals surface area contributed by atoms with Crippen molar-refractivity contribution in [3.8, 4) is 0 Å². The number of hydrogen-bond acceptors (Lipinski definition) is 5. The lowest BCUT2D eigenvalue weighted by Gasteiger charge is -2.33. The number of rotatable bonds is 4. The van der Waals surface area contributed by atoms with E-state index in [4.69, 9.17) is 14.5 Å². The normalized spacial score (nSPS) is 16.1. The number of ether oxygens (including phenoxy) is 2. The molecule has 5 rings (SSSR count). The van der Waals surface area contributed by atoms with Gasteiger partial charge in [-0.2, -0.15) is 5.10 Å². The highest BCUT2D eigenvalue weighted by Crippen LogP contribution is 2.41. The molecule has 0 bridgehead atoms. The Kier molecular flexibility index (Phi) is 5.27. The molecule has 1 saturated heterocycles. The fourth-order valence-corrected chi connectivity index (χ4v) is 5.08. The van der Waals surface area contributed by atoms with Crippen molar-refractivity contribution in [2.45, 2.75) is 18.9 Å². The summed E-state index contributed by atoms with van der Waals surface area (Å²) < 4.78 is 15.6. The van der Waals surface area contributed by atoms with E-state index in [1.54, 1.807) is 10.9 Å². The maximum Gasteiger partial charge on any atom is 0.360 e. The number of halogens is 1. The van der Waals surface area contributed by atoms with E-state index in [9.17, 15) is 4.79 Å². The van der Waals surface area contributed by atoms with E-state index < -0.39 is 5.97 Å². The molecule has 4 aromatic rings. The quantitative estimate of drug-likeness (QED) is 0.400. The van der Waals surface area contributed by atoms with Gasteiger partial charge in [0.1, 0.15) is 16.6 Å². The number of fused-ring (bicyclic) bond motifs is 3. The van der Waals surface area contributed by atoms with Crippen molar-refractivity contribution in [3.63, 3.8) is 0 Å². The average molecular weight is 483 g/mol. The standard InChI is InChI=1S/C23H23BrN4O3/c1-27-21-18-17(12-16(24)13-25-18)28(22(21)19(26-27)23(29)30-2)20(14-6-4-3-5-7-14)15-8-10-31-11-9-15/h3-7,12-13,15,20H,8-11H2,1-2H3/t20-/m1/s1. The number of carbonyl (C=O) groups excluding carboxylic acids is 1. The molecule has 160 valence electrons. The summed E-state index contributed by atoms with van der Waals surface area (Å²) in [7, 11) is 3.23. The summed E-state index contributed by atoms with van der Waals surface area (Å²) in [5, 5.41) is 4.52. The van der Waals surface area contributed by atoms with Gasteiger partial charge in [0.2, 0.25) is 0 Å². The second-order valence-electron chi connectivity index (χ2n) is 7.86. The third kappa shape index (κ3) is 3.34. The van der Waals surface area contributed by atoms with Gasteiger partial charge in [-0.15, -0.1) is 0 Å². The summed E-state index contributed by atoms with van der Waals surface area (Å²) in [6.45, 7) is 1.46. The smallest absolute Gasteiger partial charge is 0.360 e. The number of carbonyl (C=O) groups is 1. The first-order valence-electron chi connectivity index (χ1n) is 10.3. The number of hydrogen-bond donors (Lipinski definition) is 0. The molecule has 0 radical (unpaired) electrons. The van der Waals surface area contributed by atoms with Crippen molar-refractivity contribution in [2.24, 2.45) is 13.0 Å². The van der Waals surface area contributed by atoms with Gasteiger partial charge in [0, 0.05) is 30.9 Å². The number of nitrogens with zero attached hydrogens (tertiary/aromatic N) is 4. The molecule has 0 unspecified atom stereocenters. The number of benzene rings is 1. The predicted molar refractivity (Wildman–Crippen MR) is 121 cm³/mol. The van der Waals surface area contributed by atoms with E-state index in [0.717, 1.165) is 52.6 Å². The van der Waals surface area contributed by atoms with Crippen LogP contribution in [0.4, 0.5) is 0 Å². The minimum atomic E-state index is -0.451. The molecule has 1 aliphatic heterocycles. The fourth-order valence-electron chi connectivity index (χ4n) is 4.76. The second-order valence-corrected chi connectivity index (χ2v) is 8.77. The van der Waals surface area contributed by atoms with Gasteiger partial charge in [-0.05, 0) is 46.3 Å². The van der Waals surface area contributed by atoms with Gasteiger partial charge < -0.3 is 14.0 Å². The SMILES string of the molecule is COC(=O)c1nn(C)c2c3ncc(Br)cc3n([C@H](c3ccccc3)C3CCOCC3)c12. The first-order chi connectivity index (χ1) is 15.1. The third-order valence-electron chi connectivity index (χ3n) is 6.09. The van der Waals surface area contributed by atoms with E-state index in [2.05, 4.69) is 55.9 Å². The Hall–Kier alpha value is -2.71. The topological polar surface area (TPSA) is 71.2 Å². The van der Waals surface area contributed by atoms with Gasteiger partial charge >= 0.3 is 5.97 Å². The zero-order valence-corrected chi connectivity index (χ0v) is 19.0. The van der Waals surface area contributed by atoms with Crippen LogP contribution >= 0.6 is 15.9 Å². The van der Waals surface area contributed by atoms with Gasteiger partial charge in [0.05, 0.1) is 18.7 Å². The number of esters is 1. The Morgan fingerprint density at radius 3 is 2.68 bits per heavy atom. The first kappa shape index (κ1) is 20.2. The molecule has 31 heavy (non-hydrogen) atoms. The first-order valence-corrected chi connectivity index (χ1v) is 11.1. The van der Waals surface area contributed by atoms with Gasteiger partial charge in [0.15, 0.2) is 5.69 Å². The summed E-state index contributed by atoms with van der Waals surface area (Å²) in [5.41, 5.74) is 4.86. The highest BCUT2D eigenvalue weighted by Gasteiger charge is 2.33. The Labute approximate surface area is 188 Å². The van der Waals surface area contributed by atoms with E-state index in [-0.39, 0.29) is 6.04 Å². The Morgan fingerprint density at radius 2 is 1.97 bits per heavy atom. The number of aromatic nitrogens is 4. The minimum absolute atomic E-state index is 0.00815. The molecule has 0 aliphatic carbocycles. The van der Waals surface area contributed by atoms with E-state index in [1.807, 2.05) is 13.1 Å². The summed E-state index contributed by atoms with van der Waals surface area (Å²) in [6.07, 6.45) is 3.66. The predicted octanol–water partition coefficient (Wildman–Crippen LogP) is 4.49. The van der Waals surface area contributed by atoms with Crippen LogP contribution in [-0.2, 0) is 16.5 Å². The summed E-state index contributed by atoms with van der Waals surface area (Å²) in [4.78, 5) is 17.4. The van der Waals surface area contributed by atoms with E-state index in [1.165, 1.54) is 12.7 Å². The largest absolute Gasteiger partial charge is 0.464 e. The zero-order valence-electron chi connectivity index (χ0n) is 17.4. The van der Waals surface area contributed by atoms with Crippen LogP contribution in [0.25, 0.3) is 22.1 Å². The lowest BCUT2D eigenvalue weighted by atomic mass is 9.86. The molecule has 1 aromatic carbocycles. The Morgan fingerprint density at radius 1 is 1.23 bits per heavy atom. The molecule has 3 aromatic heterocycles.